The summed E-state index contributed by atoms with van der Waals surface area (Å²) in [6.07, 6.45) is 4.17. The smallest absolute Gasteiger partial charge is 0.180 e. The van der Waals surface area contributed by atoms with Crippen molar-refractivity contribution in [3.63, 3.8) is 0 Å². The van der Waals surface area contributed by atoms with Gasteiger partial charge in [0.05, 0.1) is 0 Å². The maximum atomic E-state index is 4.68. The van der Waals surface area contributed by atoms with Gasteiger partial charge in [0, 0.05) is 54.8 Å². The molecule has 4 heterocycles. The number of benzene rings is 1. The topological polar surface area (TPSA) is 79.7 Å². The van der Waals surface area contributed by atoms with Gasteiger partial charge in [-0.05, 0) is 48.9 Å². The maximum absolute atomic E-state index is 4.68. The molecule has 0 spiro atoms. The van der Waals surface area contributed by atoms with Gasteiger partial charge >= 0.3 is 0 Å². The molecule has 1 saturated heterocycles. The largest absolute Gasteiger partial charge is 0.370 e. The summed E-state index contributed by atoms with van der Waals surface area (Å²) in [5, 5.41) is 3.27. The summed E-state index contributed by atoms with van der Waals surface area (Å²) in [4.78, 5) is 25.0. The summed E-state index contributed by atoms with van der Waals surface area (Å²) in [5.41, 5.74) is 4.15. The second kappa shape index (κ2) is 9.95. The third kappa shape index (κ3) is 5.46. The van der Waals surface area contributed by atoms with E-state index < -0.39 is 0 Å². The van der Waals surface area contributed by atoms with E-state index >= 15 is 0 Å². The molecule has 1 fully saturated rings. The Balaban J connectivity index is 1.27. The fraction of sp³-hybridized carbons (Fsp3) is 0.240. The first-order valence-corrected chi connectivity index (χ1v) is 12.2. The number of hydrogen-bond donors (Lipinski definition) is 1. The van der Waals surface area contributed by atoms with Gasteiger partial charge in [0.15, 0.2) is 5.82 Å². The highest BCUT2D eigenvalue weighted by molar-refractivity contribution is 7.99. The van der Waals surface area contributed by atoms with Crippen LogP contribution in [0.25, 0.3) is 11.5 Å². The zero-order chi connectivity index (χ0) is 22.5. The molecule has 1 N–H and O–H groups in total. The Kier molecular flexibility index (Phi) is 6.44. The van der Waals surface area contributed by atoms with Crippen LogP contribution in [0.5, 0.6) is 0 Å². The zero-order valence-corrected chi connectivity index (χ0v) is 19.3. The molecule has 166 valence electrons. The minimum Gasteiger partial charge on any atom is -0.370 e. The number of nitrogens with zero attached hydrogens (tertiary/aromatic N) is 6. The first-order valence-electron chi connectivity index (χ1n) is 11.0. The molecular weight excluding hydrogens is 430 g/mol. The van der Waals surface area contributed by atoms with Gasteiger partial charge in [-0.2, -0.15) is 11.8 Å². The number of hydrogen-bond acceptors (Lipinski definition) is 8. The fourth-order valence-corrected chi connectivity index (χ4v) is 4.64. The van der Waals surface area contributed by atoms with Crippen LogP contribution in [0.1, 0.15) is 17.1 Å². The highest BCUT2D eigenvalue weighted by Crippen LogP contribution is 2.21. The zero-order valence-electron chi connectivity index (χ0n) is 18.5. The van der Waals surface area contributed by atoms with Crippen molar-refractivity contribution in [1.82, 2.24) is 24.9 Å². The van der Waals surface area contributed by atoms with Gasteiger partial charge in [-0.15, -0.1) is 0 Å². The summed E-state index contributed by atoms with van der Waals surface area (Å²) < 4.78 is 0. The third-order valence-corrected chi connectivity index (χ3v) is 6.35. The quantitative estimate of drug-likeness (QED) is 0.454. The predicted octanol–water partition coefficient (Wildman–Crippen LogP) is 4.52. The summed E-state index contributed by atoms with van der Waals surface area (Å²) in [5.74, 6) is 5.10. The van der Waals surface area contributed by atoms with Crippen molar-refractivity contribution in [3.05, 3.63) is 84.1 Å². The van der Waals surface area contributed by atoms with Crippen molar-refractivity contribution < 1.29 is 0 Å². The molecule has 0 atom stereocenters. The van der Waals surface area contributed by atoms with Crippen molar-refractivity contribution in [1.29, 1.82) is 0 Å². The van der Waals surface area contributed by atoms with Crippen LogP contribution in [0.3, 0.4) is 0 Å². The van der Waals surface area contributed by atoms with E-state index in [-0.39, 0.29) is 0 Å². The van der Waals surface area contributed by atoms with Gasteiger partial charge in [0.1, 0.15) is 23.2 Å². The molecule has 33 heavy (non-hydrogen) atoms. The van der Waals surface area contributed by atoms with Crippen LogP contribution in [0, 0.1) is 6.92 Å². The number of rotatable bonds is 6. The Bertz CT molecular complexity index is 1220. The molecule has 5 rings (SSSR count). The Hall–Kier alpha value is -3.52. The molecule has 0 bridgehead atoms. The first kappa shape index (κ1) is 21.3. The first-order chi connectivity index (χ1) is 16.2. The van der Waals surface area contributed by atoms with Gasteiger partial charge in [-0.3, -0.25) is 0 Å². The number of aryl methyl sites for hydroxylation is 1. The van der Waals surface area contributed by atoms with Crippen LogP contribution in [0.4, 0.5) is 17.3 Å². The monoisotopic (exact) mass is 455 g/mol. The Morgan fingerprint density at radius 2 is 1.61 bits per heavy atom. The van der Waals surface area contributed by atoms with Gasteiger partial charge in [-0.1, -0.05) is 18.2 Å². The van der Waals surface area contributed by atoms with E-state index in [1.165, 1.54) is 22.8 Å². The molecule has 4 aromatic rings. The minimum absolute atomic E-state index is 0.574. The summed E-state index contributed by atoms with van der Waals surface area (Å²) in [6, 6.07) is 18.2. The van der Waals surface area contributed by atoms with Gasteiger partial charge in [0.2, 0.25) is 0 Å². The van der Waals surface area contributed by atoms with Crippen LogP contribution >= 0.6 is 11.8 Å². The molecular formula is C25H25N7S. The van der Waals surface area contributed by atoms with E-state index in [4.69, 9.17) is 0 Å². The van der Waals surface area contributed by atoms with Crippen molar-refractivity contribution in [2.75, 3.05) is 34.8 Å². The predicted molar refractivity (Wildman–Crippen MR) is 134 cm³/mol. The lowest BCUT2D eigenvalue weighted by Crippen LogP contribution is -2.32. The molecule has 7 nitrogen and oxygen atoms in total. The van der Waals surface area contributed by atoms with Crippen LogP contribution in [0.2, 0.25) is 0 Å². The standard InChI is InChI=1S/C25H25N7S/c1-18-3-2-4-21(28-18)25-27-12-10-23(31-25)29-22-9-11-26-24(30-22)17-19-5-7-20(8-6-19)32-13-15-33-16-14-32/h2-12H,13-17H2,1H3,(H,26,27,29,30,31). The average Bonchev–Trinajstić information content (AvgIpc) is 2.85. The Labute approximate surface area is 197 Å². The lowest BCUT2D eigenvalue weighted by Gasteiger charge is -2.28. The van der Waals surface area contributed by atoms with Crippen molar-refractivity contribution >= 4 is 29.1 Å². The highest BCUT2D eigenvalue weighted by atomic mass is 32.2. The summed E-state index contributed by atoms with van der Waals surface area (Å²) in [7, 11) is 0. The van der Waals surface area contributed by atoms with Crippen molar-refractivity contribution in [3.8, 4) is 11.5 Å². The molecule has 0 amide bonds. The number of nitrogens with one attached hydrogen (secondary N) is 1. The van der Waals surface area contributed by atoms with E-state index in [9.17, 15) is 0 Å². The molecule has 0 aliphatic carbocycles. The van der Waals surface area contributed by atoms with Crippen LogP contribution < -0.4 is 10.2 Å². The molecule has 1 aliphatic heterocycles. The SMILES string of the molecule is Cc1cccc(-c2nccc(Nc3ccnc(Cc4ccc(N5CCSCC5)cc4)n3)n2)n1. The van der Waals surface area contributed by atoms with Gasteiger partial charge in [-0.25, -0.2) is 24.9 Å². The average molecular weight is 456 g/mol. The van der Waals surface area contributed by atoms with Crippen LogP contribution in [0.15, 0.2) is 67.0 Å². The molecule has 3 aromatic heterocycles. The normalized spacial score (nSPS) is 13.7. The maximum Gasteiger partial charge on any atom is 0.180 e. The Morgan fingerprint density at radius 1 is 0.848 bits per heavy atom. The number of anilines is 3. The van der Waals surface area contributed by atoms with E-state index in [0.717, 1.165) is 30.3 Å². The Morgan fingerprint density at radius 3 is 2.39 bits per heavy atom. The third-order valence-electron chi connectivity index (χ3n) is 5.41. The molecule has 1 aromatic carbocycles. The molecule has 0 unspecified atom stereocenters. The van der Waals surface area contributed by atoms with Gasteiger partial charge in [0.25, 0.3) is 0 Å². The summed E-state index contributed by atoms with van der Waals surface area (Å²) >= 11 is 2.02. The van der Waals surface area contributed by atoms with E-state index in [2.05, 4.69) is 59.4 Å². The van der Waals surface area contributed by atoms with Crippen molar-refractivity contribution in [2.24, 2.45) is 0 Å². The molecule has 1 aliphatic rings. The minimum atomic E-state index is 0.574. The van der Waals surface area contributed by atoms with E-state index in [1.807, 2.05) is 49.0 Å². The summed E-state index contributed by atoms with van der Waals surface area (Å²) in [6.45, 7) is 4.19. The number of aromatic nitrogens is 5. The van der Waals surface area contributed by atoms with E-state index in [0.29, 0.717) is 23.9 Å². The number of thioether (sulfide) groups is 1. The number of pyridine rings is 1. The van der Waals surface area contributed by atoms with Crippen molar-refractivity contribution in [2.45, 2.75) is 13.3 Å². The lowest BCUT2D eigenvalue weighted by molar-refractivity contribution is 0.858. The molecule has 0 radical (unpaired) electrons. The second-order valence-electron chi connectivity index (χ2n) is 7.86. The van der Waals surface area contributed by atoms with Crippen LogP contribution in [-0.2, 0) is 6.42 Å². The fourth-order valence-electron chi connectivity index (χ4n) is 3.73. The van der Waals surface area contributed by atoms with Crippen LogP contribution in [-0.4, -0.2) is 49.5 Å². The lowest BCUT2D eigenvalue weighted by atomic mass is 10.1. The molecule has 8 heteroatoms. The highest BCUT2D eigenvalue weighted by Gasteiger charge is 2.11. The van der Waals surface area contributed by atoms with Gasteiger partial charge < -0.3 is 10.2 Å². The van der Waals surface area contributed by atoms with E-state index in [1.54, 1.807) is 12.4 Å². The second-order valence-corrected chi connectivity index (χ2v) is 9.08. The molecule has 0 saturated carbocycles.